The van der Waals surface area contributed by atoms with E-state index in [0.717, 1.165) is 31.2 Å². The van der Waals surface area contributed by atoms with Crippen molar-refractivity contribution in [2.75, 3.05) is 0 Å². The molecule has 0 saturated heterocycles. The monoisotopic (exact) mass is 337 g/mol. The van der Waals surface area contributed by atoms with E-state index in [2.05, 4.69) is 17.4 Å². The molecule has 2 rings (SSSR count). The Balaban J connectivity index is 1.76. The average molecular weight is 337 g/mol. The van der Waals surface area contributed by atoms with Crippen LogP contribution < -0.4 is 5.32 Å². The molecule has 1 aliphatic carbocycles. The highest BCUT2D eigenvalue weighted by Crippen LogP contribution is 2.34. The van der Waals surface area contributed by atoms with E-state index < -0.39 is 5.60 Å². The van der Waals surface area contributed by atoms with Crippen molar-refractivity contribution in [2.24, 2.45) is 0 Å². The molecular formula is C18H27NO3S. The number of benzene rings is 1. The first kappa shape index (κ1) is 18.1. The predicted molar refractivity (Wildman–Crippen MR) is 93.6 cm³/mol. The second kappa shape index (κ2) is 8.06. The third kappa shape index (κ3) is 6.43. The molecule has 2 N–H and O–H groups in total. The van der Waals surface area contributed by atoms with E-state index in [1.165, 1.54) is 4.90 Å². The van der Waals surface area contributed by atoms with Crippen LogP contribution in [0.4, 0.5) is 4.79 Å². The van der Waals surface area contributed by atoms with E-state index in [1.807, 2.05) is 44.7 Å². The summed E-state index contributed by atoms with van der Waals surface area (Å²) < 4.78 is 5.31. The molecule has 4 nitrogen and oxygen atoms in total. The molecule has 1 aromatic carbocycles. The van der Waals surface area contributed by atoms with Gasteiger partial charge in [0, 0.05) is 16.2 Å². The lowest BCUT2D eigenvalue weighted by molar-refractivity contribution is 0.0493. The normalized spacial score (nSPS) is 21.7. The summed E-state index contributed by atoms with van der Waals surface area (Å²) >= 11 is 1.87. The second-order valence-electron chi connectivity index (χ2n) is 7.04. The van der Waals surface area contributed by atoms with E-state index in [0.29, 0.717) is 5.25 Å². The number of aliphatic hydroxyl groups excluding tert-OH is 1. The number of hydrogen-bond donors (Lipinski definition) is 2. The Morgan fingerprint density at radius 3 is 2.61 bits per heavy atom. The quantitative estimate of drug-likeness (QED) is 0.868. The zero-order chi connectivity index (χ0) is 16.9. The van der Waals surface area contributed by atoms with E-state index in [1.54, 1.807) is 0 Å². The highest BCUT2D eigenvalue weighted by atomic mass is 32.2. The number of amides is 1. The maximum absolute atomic E-state index is 11.8. The summed E-state index contributed by atoms with van der Waals surface area (Å²) in [5, 5.41) is 12.8. The van der Waals surface area contributed by atoms with Crippen molar-refractivity contribution in [1.29, 1.82) is 0 Å². The van der Waals surface area contributed by atoms with Crippen molar-refractivity contribution < 1.29 is 14.6 Å². The smallest absolute Gasteiger partial charge is 0.407 e. The summed E-state index contributed by atoms with van der Waals surface area (Å²) in [4.78, 5) is 13.0. The summed E-state index contributed by atoms with van der Waals surface area (Å²) in [5.41, 5.74) is 0.504. The number of carbonyl (C=O) groups is 1. The number of thioether (sulfide) groups is 1. The van der Waals surface area contributed by atoms with Crippen LogP contribution in [0.5, 0.6) is 0 Å². The van der Waals surface area contributed by atoms with Crippen LogP contribution in [0.1, 0.15) is 52.0 Å². The summed E-state index contributed by atoms with van der Waals surface area (Å²) in [6, 6.07) is 8.28. The molecule has 1 aromatic rings. The Labute approximate surface area is 143 Å². The van der Waals surface area contributed by atoms with Gasteiger partial charge >= 0.3 is 6.09 Å². The topological polar surface area (TPSA) is 58.6 Å². The number of hydrogen-bond acceptors (Lipinski definition) is 4. The van der Waals surface area contributed by atoms with Crippen LogP contribution >= 0.6 is 11.8 Å². The number of alkyl carbamates (subject to hydrolysis) is 1. The largest absolute Gasteiger partial charge is 0.444 e. The van der Waals surface area contributed by atoms with Gasteiger partial charge in [0.05, 0.1) is 6.61 Å². The Kier molecular flexibility index (Phi) is 6.36. The Morgan fingerprint density at radius 2 is 2.00 bits per heavy atom. The summed E-state index contributed by atoms with van der Waals surface area (Å²) in [6.45, 7) is 5.71. The van der Waals surface area contributed by atoms with Crippen LogP contribution in [0.15, 0.2) is 29.2 Å². The van der Waals surface area contributed by atoms with Crippen molar-refractivity contribution in [3.63, 3.8) is 0 Å². The van der Waals surface area contributed by atoms with Gasteiger partial charge in [0.15, 0.2) is 0 Å². The zero-order valence-electron chi connectivity index (χ0n) is 14.2. The zero-order valence-corrected chi connectivity index (χ0v) is 15.0. The highest BCUT2D eigenvalue weighted by molar-refractivity contribution is 8.00. The van der Waals surface area contributed by atoms with Gasteiger partial charge in [-0.2, -0.15) is 0 Å². The van der Waals surface area contributed by atoms with Gasteiger partial charge in [0.25, 0.3) is 0 Å². The number of aliphatic hydroxyl groups is 1. The van der Waals surface area contributed by atoms with Crippen LogP contribution in [0.3, 0.4) is 0 Å². The van der Waals surface area contributed by atoms with Crippen molar-refractivity contribution >= 4 is 17.9 Å². The molecule has 23 heavy (non-hydrogen) atoms. The Morgan fingerprint density at radius 1 is 1.30 bits per heavy atom. The molecule has 0 aromatic heterocycles. The maximum Gasteiger partial charge on any atom is 0.407 e. The van der Waals surface area contributed by atoms with Crippen molar-refractivity contribution in [3.8, 4) is 0 Å². The molecule has 128 valence electrons. The minimum Gasteiger partial charge on any atom is -0.444 e. The minimum atomic E-state index is -0.450. The standard InChI is InChI=1S/C18H27NO3S/c1-18(2,3)22-17(21)19-14-7-9-15(10-8-14)23-16-6-4-5-13(11-16)12-20/h4-6,11,14-15,20H,7-10,12H2,1-3H3,(H,19,21). The van der Waals surface area contributed by atoms with Gasteiger partial charge in [-0.25, -0.2) is 4.79 Å². The molecule has 0 aliphatic heterocycles. The first-order valence-corrected chi connectivity index (χ1v) is 9.09. The van der Waals surface area contributed by atoms with Crippen molar-refractivity contribution in [2.45, 2.75) is 74.8 Å². The molecule has 1 amide bonds. The van der Waals surface area contributed by atoms with E-state index in [4.69, 9.17) is 4.74 Å². The van der Waals surface area contributed by atoms with Crippen LogP contribution in [0.2, 0.25) is 0 Å². The van der Waals surface area contributed by atoms with Gasteiger partial charge in [-0.15, -0.1) is 11.8 Å². The number of rotatable bonds is 4. The molecule has 0 spiro atoms. The maximum atomic E-state index is 11.8. The third-order valence-electron chi connectivity index (χ3n) is 3.78. The van der Waals surface area contributed by atoms with Crippen LogP contribution in [0.25, 0.3) is 0 Å². The van der Waals surface area contributed by atoms with E-state index >= 15 is 0 Å². The van der Waals surface area contributed by atoms with Gasteiger partial charge in [-0.05, 0) is 64.2 Å². The third-order valence-corrected chi connectivity index (χ3v) is 5.11. The summed E-state index contributed by atoms with van der Waals surface area (Å²) in [6.07, 6.45) is 3.81. The minimum absolute atomic E-state index is 0.0843. The number of ether oxygens (including phenoxy) is 1. The van der Waals surface area contributed by atoms with Gasteiger partial charge in [-0.1, -0.05) is 12.1 Å². The van der Waals surface area contributed by atoms with Gasteiger partial charge in [0.2, 0.25) is 0 Å². The van der Waals surface area contributed by atoms with Gasteiger partial charge in [0.1, 0.15) is 5.60 Å². The van der Waals surface area contributed by atoms with Crippen molar-refractivity contribution in [3.05, 3.63) is 29.8 Å². The molecule has 1 aliphatic rings. The SMILES string of the molecule is CC(C)(C)OC(=O)NC1CCC(Sc2cccc(CO)c2)CC1. The first-order chi connectivity index (χ1) is 10.9. The van der Waals surface area contributed by atoms with Gasteiger partial charge < -0.3 is 15.2 Å². The first-order valence-electron chi connectivity index (χ1n) is 8.22. The molecule has 0 unspecified atom stereocenters. The van der Waals surface area contributed by atoms with E-state index in [9.17, 15) is 9.90 Å². The number of nitrogens with one attached hydrogen (secondary N) is 1. The fourth-order valence-electron chi connectivity index (χ4n) is 2.71. The van der Waals surface area contributed by atoms with Crippen LogP contribution in [0, 0.1) is 0 Å². The molecule has 0 heterocycles. The molecule has 5 heteroatoms. The lowest BCUT2D eigenvalue weighted by atomic mass is 9.95. The fourth-order valence-corrected chi connectivity index (χ4v) is 3.98. The van der Waals surface area contributed by atoms with Crippen molar-refractivity contribution in [1.82, 2.24) is 5.32 Å². The lowest BCUT2D eigenvalue weighted by Crippen LogP contribution is -2.41. The molecule has 0 atom stereocenters. The number of carbonyl (C=O) groups excluding carboxylic acids is 1. The summed E-state index contributed by atoms with van der Waals surface area (Å²) in [7, 11) is 0. The lowest BCUT2D eigenvalue weighted by Gasteiger charge is -2.29. The Hall–Kier alpha value is -1.20. The summed E-state index contributed by atoms with van der Waals surface area (Å²) in [5.74, 6) is 0. The second-order valence-corrected chi connectivity index (χ2v) is 8.42. The molecule has 1 saturated carbocycles. The predicted octanol–water partition coefficient (Wildman–Crippen LogP) is 4.11. The highest BCUT2D eigenvalue weighted by Gasteiger charge is 2.25. The fraction of sp³-hybridized carbons (Fsp3) is 0.611. The molecule has 0 radical (unpaired) electrons. The van der Waals surface area contributed by atoms with Crippen LogP contribution in [-0.4, -0.2) is 28.1 Å². The molecule has 1 fully saturated rings. The van der Waals surface area contributed by atoms with Crippen LogP contribution in [-0.2, 0) is 11.3 Å². The van der Waals surface area contributed by atoms with E-state index in [-0.39, 0.29) is 18.7 Å². The Bertz CT molecular complexity index is 519. The average Bonchev–Trinajstić information content (AvgIpc) is 2.47. The molecule has 0 bridgehead atoms. The molecular weight excluding hydrogens is 310 g/mol. The van der Waals surface area contributed by atoms with Gasteiger partial charge in [-0.3, -0.25) is 0 Å².